The molecule has 2 aromatic rings. The van der Waals surface area contributed by atoms with Crippen LogP contribution in [0.2, 0.25) is 5.02 Å². The van der Waals surface area contributed by atoms with Crippen LogP contribution >= 0.6 is 11.6 Å². The van der Waals surface area contributed by atoms with Crippen LogP contribution in [0.3, 0.4) is 0 Å². The summed E-state index contributed by atoms with van der Waals surface area (Å²) in [6, 6.07) is 11.0. The van der Waals surface area contributed by atoms with Crippen LogP contribution in [-0.4, -0.2) is 5.91 Å². The Hall–Kier alpha value is -1.74. The molecule has 18 heavy (non-hydrogen) atoms. The molecular weight excluding hydrogens is 250 g/mol. The van der Waals surface area contributed by atoms with Crippen LogP contribution in [-0.2, 0) is 17.8 Å². The van der Waals surface area contributed by atoms with Crippen molar-refractivity contribution in [2.45, 2.75) is 19.9 Å². The van der Waals surface area contributed by atoms with Crippen molar-refractivity contribution in [2.24, 2.45) is 0 Å². The zero-order valence-electron chi connectivity index (χ0n) is 10.1. The van der Waals surface area contributed by atoms with E-state index in [1.807, 2.05) is 31.2 Å². The molecular formula is C14H14ClNO2. The first-order valence-electron chi connectivity index (χ1n) is 5.70. The summed E-state index contributed by atoms with van der Waals surface area (Å²) >= 11 is 5.78. The highest BCUT2D eigenvalue weighted by Crippen LogP contribution is 2.10. The summed E-state index contributed by atoms with van der Waals surface area (Å²) < 4.78 is 5.37. The number of carbonyl (C=O) groups excluding carboxylic acids is 1. The Labute approximate surface area is 111 Å². The third kappa shape index (κ3) is 3.64. The molecule has 2 rings (SSSR count). The van der Waals surface area contributed by atoms with Crippen LogP contribution in [0.4, 0.5) is 0 Å². The first-order chi connectivity index (χ1) is 8.63. The highest BCUT2D eigenvalue weighted by Gasteiger charge is 2.05. The second-order valence-electron chi connectivity index (χ2n) is 4.09. The van der Waals surface area contributed by atoms with Gasteiger partial charge in [-0.25, -0.2) is 0 Å². The quantitative estimate of drug-likeness (QED) is 0.921. The Morgan fingerprint density at radius 1 is 1.22 bits per heavy atom. The number of hydrogen-bond acceptors (Lipinski definition) is 2. The first kappa shape index (κ1) is 12.7. The van der Waals surface area contributed by atoms with E-state index in [0.717, 1.165) is 17.1 Å². The number of halogens is 1. The highest BCUT2D eigenvalue weighted by atomic mass is 35.5. The maximum atomic E-state index is 11.7. The monoisotopic (exact) mass is 263 g/mol. The van der Waals surface area contributed by atoms with Gasteiger partial charge in [-0.2, -0.15) is 0 Å². The van der Waals surface area contributed by atoms with Crippen LogP contribution in [0.15, 0.2) is 40.8 Å². The predicted molar refractivity (Wildman–Crippen MR) is 70.4 cm³/mol. The molecule has 4 heteroatoms. The van der Waals surface area contributed by atoms with E-state index < -0.39 is 0 Å². The van der Waals surface area contributed by atoms with Crippen LogP contribution < -0.4 is 5.32 Å². The molecule has 0 saturated carbocycles. The summed E-state index contributed by atoms with van der Waals surface area (Å²) in [5.74, 6) is 1.57. The molecule has 1 amide bonds. The van der Waals surface area contributed by atoms with Gasteiger partial charge in [0.2, 0.25) is 5.91 Å². The average molecular weight is 264 g/mol. The van der Waals surface area contributed by atoms with E-state index in [9.17, 15) is 4.79 Å². The maximum Gasteiger partial charge on any atom is 0.224 e. The molecule has 0 unspecified atom stereocenters. The highest BCUT2D eigenvalue weighted by molar-refractivity contribution is 6.30. The Morgan fingerprint density at radius 2 is 1.94 bits per heavy atom. The lowest BCUT2D eigenvalue weighted by molar-refractivity contribution is -0.120. The molecule has 1 aromatic carbocycles. The topological polar surface area (TPSA) is 42.2 Å². The van der Waals surface area contributed by atoms with Gasteiger partial charge in [0.15, 0.2) is 0 Å². The van der Waals surface area contributed by atoms with Gasteiger partial charge in [0.05, 0.1) is 13.0 Å². The SMILES string of the molecule is Cc1ccc(CNC(=O)Cc2ccc(Cl)cc2)o1. The van der Waals surface area contributed by atoms with Crippen molar-refractivity contribution < 1.29 is 9.21 Å². The van der Waals surface area contributed by atoms with Crippen molar-refractivity contribution >= 4 is 17.5 Å². The molecule has 0 fully saturated rings. The fraction of sp³-hybridized carbons (Fsp3) is 0.214. The smallest absolute Gasteiger partial charge is 0.224 e. The Bertz CT molecular complexity index is 531. The normalized spacial score (nSPS) is 10.3. The van der Waals surface area contributed by atoms with Gasteiger partial charge in [0, 0.05) is 5.02 Å². The van der Waals surface area contributed by atoms with Crippen molar-refractivity contribution in [3.05, 3.63) is 58.5 Å². The number of hydrogen-bond donors (Lipinski definition) is 1. The van der Waals surface area contributed by atoms with E-state index in [1.165, 1.54) is 0 Å². The Balaban J connectivity index is 1.83. The van der Waals surface area contributed by atoms with E-state index in [2.05, 4.69) is 5.32 Å². The lowest BCUT2D eigenvalue weighted by atomic mass is 10.1. The molecule has 0 aliphatic rings. The van der Waals surface area contributed by atoms with Gasteiger partial charge in [-0.1, -0.05) is 23.7 Å². The molecule has 0 spiro atoms. The van der Waals surface area contributed by atoms with Crippen molar-refractivity contribution in [3.63, 3.8) is 0 Å². The van der Waals surface area contributed by atoms with Gasteiger partial charge in [-0.15, -0.1) is 0 Å². The van der Waals surface area contributed by atoms with E-state index in [1.54, 1.807) is 12.1 Å². The number of furan rings is 1. The number of aryl methyl sites for hydroxylation is 1. The van der Waals surface area contributed by atoms with E-state index in [-0.39, 0.29) is 5.91 Å². The van der Waals surface area contributed by atoms with E-state index in [0.29, 0.717) is 18.0 Å². The van der Waals surface area contributed by atoms with Gasteiger partial charge in [0.25, 0.3) is 0 Å². The van der Waals surface area contributed by atoms with Crippen molar-refractivity contribution in [1.82, 2.24) is 5.32 Å². The van der Waals surface area contributed by atoms with Crippen molar-refractivity contribution in [3.8, 4) is 0 Å². The fourth-order valence-electron chi connectivity index (χ4n) is 1.62. The number of rotatable bonds is 4. The molecule has 1 heterocycles. The molecule has 0 saturated heterocycles. The van der Waals surface area contributed by atoms with E-state index in [4.69, 9.17) is 16.0 Å². The first-order valence-corrected chi connectivity index (χ1v) is 6.08. The van der Waals surface area contributed by atoms with Gasteiger partial charge >= 0.3 is 0 Å². The van der Waals surface area contributed by atoms with E-state index >= 15 is 0 Å². The van der Waals surface area contributed by atoms with Crippen molar-refractivity contribution in [1.29, 1.82) is 0 Å². The minimum Gasteiger partial charge on any atom is -0.465 e. The fourth-order valence-corrected chi connectivity index (χ4v) is 1.74. The molecule has 0 bridgehead atoms. The van der Waals surface area contributed by atoms with Crippen LogP contribution in [0.25, 0.3) is 0 Å². The lowest BCUT2D eigenvalue weighted by Crippen LogP contribution is -2.24. The second-order valence-corrected chi connectivity index (χ2v) is 4.53. The molecule has 0 atom stereocenters. The van der Waals surface area contributed by atoms with Crippen LogP contribution in [0.5, 0.6) is 0 Å². The number of carbonyl (C=O) groups is 1. The third-order valence-corrected chi connectivity index (χ3v) is 2.79. The Kier molecular flexibility index (Phi) is 4.05. The lowest BCUT2D eigenvalue weighted by Gasteiger charge is -2.03. The zero-order chi connectivity index (χ0) is 13.0. The van der Waals surface area contributed by atoms with Gasteiger partial charge in [0.1, 0.15) is 11.5 Å². The van der Waals surface area contributed by atoms with Gasteiger partial charge in [-0.05, 0) is 36.8 Å². The summed E-state index contributed by atoms with van der Waals surface area (Å²) in [7, 11) is 0. The summed E-state index contributed by atoms with van der Waals surface area (Å²) in [6.45, 7) is 2.29. The summed E-state index contributed by atoms with van der Waals surface area (Å²) in [6.07, 6.45) is 0.344. The van der Waals surface area contributed by atoms with Crippen LogP contribution in [0.1, 0.15) is 17.1 Å². The predicted octanol–water partition coefficient (Wildman–Crippen LogP) is 3.10. The minimum atomic E-state index is -0.0358. The summed E-state index contributed by atoms with van der Waals surface area (Å²) in [4.78, 5) is 11.7. The largest absolute Gasteiger partial charge is 0.465 e. The molecule has 0 aliphatic carbocycles. The minimum absolute atomic E-state index is 0.0358. The number of benzene rings is 1. The standard InChI is InChI=1S/C14H14ClNO2/c1-10-2-7-13(18-10)9-16-14(17)8-11-3-5-12(15)6-4-11/h2-7H,8-9H2,1H3,(H,16,17). The zero-order valence-corrected chi connectivity index (χ0v) is 10.8. The summed E-state index contributed by atoms with van der Waals surface area (Å²) in [5, 5.41) is 3.48. The molecule has 94 valence electrons. The molecule has 0 radical (unpaired) electrons. The number of amides is 1. The van der Waals surface area contributed by atoms with Crippen LogP contribution in [0, 0.1) is 6.92 Å². The molecule has 1 N–H and O–H groups in total. The summed E-state index contributed by atoms with van der Waals surface area (Å²) in [5.41, 5.74) is 0.938. The average Bonchev–Trinajstić information content (AvgIpc) is 2.76. The Morgan fingerprint density at radius 3 is 2.56 bits per heavy atom. The maximum absolute atomic E-state index is 11.7. The second kappa shape index (κ2) is 5.74. The molecule has 1 aromatic heterocycles. The number of nitrogens with one attached hydrogen (secondary N) is 1. The molecule has 0 aliphatic heterocycles. The molecule has 3 nitrogen and oxygen atoms in total. The van der Waals surface area contributed by atoms with Crippen molar-refractivity contribution in [2.75, 3.05) is 0 Å². The van der Waals surface area contributed by atoms with Gasteiger partial charge < -0.3 is 9.73 Å². The van der Waals surface area contributed by atoms with Gasteiger partial charge in [-0.3, -0.25) is 4.79 Å². The third-order valence-electron chi connectivity index (χ3n) is 2.53.